The Balaban J connectivity index is 3.18. The van der Waals surface area contributed by atoms with Crippen molar-refractivity contribution in [2.75, 3.05) is 0 Å². The molecule has 1 rings (SSSR count). The van der Waals surface area contributed by atoms with E-state index >= 15 is 0 Å². The number of carbonyl (C=O) groups is 1. The van der Waals surface area contributed by atoms with Crippen molar-refractivity contribution >= 4 is 5.78 Å². The molecule has 0 atom stereocenters. The lowest BCUT2D eigenvalue weighted by molar-refractivity contribution is -0.274. The van der Waals surface area contributed by atoms with Gasteiger partial charge in [0.2, 0.25) is 0 Å². The van der Waals surface area contributed by atoms with Crippen LogP contribution in [0, 0.1) is 5.82 Å². The van der Waals surface area contributed by atoms with E-state index in [2.05, 4.69) is 4.74 Å². The molecular formula is C9H6F4O2. The minimum absolute atomic E-state index is 0.699. The first kappa shape index (κ1) is 11.5. The third-order valence-corrected chi connectivity index (χ3v) is 1.55. The van der Waals surface area contributed by atoms with E-state index in [1.54, 1.807) is 0 Å². The SMILES string of the molecule is CC(=O)c1c(F)cccc1OC(F)(F)F. The molecular weight excluding hydrogens is 216 g/mol. The number of rotatable bonds is 2. The van der Waals surface area contributed by atoms with Crippen LogP contribution in [0.2, 0.25) is 0 Å². The highest BCUT2D eigenvalue weighted by molar-refractivity contribution is 5.97. The van der Waals surface area contributed by atoms with Gasteiger partial charge < -0.3 is 4.74 Å². The monoisotopic (exact) mass is 222 g/mol. The van der Waals surface area contributed by atoms with Crippen LogP contribution in [0.4, 0.5) is 17.6 Å². The number of hydrogen-bond acceptors (Lipinski definition) is 2. The topological polar surface area (TPSA) is 26.3 Å². The summed E-state index contributed by atoms with van der Waals surface area (Å²) in [5.74, 6) is -2.69. The predicted octanol–water partition coefficient (Wildman–Crippen LogP) is 2.93. The average molecular weight is 222 g/mol. The number of hydrogen-bond donors (Lipinski definition) is 0. The van der Waals surface area contributed by atoms with Crippen LogP contribution in [0.5, 0.6) is 5.75 Å². The largest absolute Gasteiger partial charge is 0.573 e. The third kappa shape index (κ3) is 2.93. The number of ketones is 1. The summed E-state index contributed by atoms with van der Waals surface area (Å²) in [7, 11) is 0. The molecule has 0 fully saturated rings. The third-order valence-electron chi connectivity index (χ3n) is 1.55. The number of halogens is 4. The molecule has 0 aromatic heterocycles. The van der Waals surface area contributed by atoms with Crippen molar-refractivity contribution in [3.63, 3.8) is 0 Å². The normalized spacial score (nSPS) is 11.3. The minimum Gasteiger partial charge on any atom is -0.405 e. The lowest BCUT2D eigenvalue weighted by atomic mass is 10.1. The van der Waals surface area contributed by atoms with Crippen molar-refractivity contribution in [3.8, 4) is 5.75 Å². The molecule has 0 aliphatic rings. The van der Waals surface area contributed by atoms with Gasteiger partial charge in [0.15, 0.2) is 5.78 Å². The summed E-state index contributed by atoms with van der Waals surface area (Å²) in [6, 6.07) is 2.80. The molecule has 1 aromatic rings. The molecule has 0 aliphatic carbocycles. The minimum atomic E-state index is -4.95. The van der Waals surface area contributed by atoms with Gasteiger partial charge in [-0.1, -0.05) is 6.07 Å². The Morgan fingerprint density at radius 1 is 1.33 bits per heavy atom. The highest BCUT2D eigenvalue weighted by Gasteiger charge is 2.33. The Morgan fingerprint density at radius 3 is 2.40 bits per heavy atom. The Kier molecular flexibility index (Phi) is 2.97. The van der Waals surface area contributed by atoms with Gasteiger partial charge in [-0.05, 0) is 19.1 Å². The van der Waals surface area contributed by atoms with Gasteiger partial charge >= 0.3 is 6.36 Å². The van der Waals surface area contributed by atoms with E-state index in [0.717, 1.165) is 25.1 Å². The van der Waals surface area contributed by atoms with Gasteiger partial charge in [0.25, 0.3) is 0 Å². The molecule has 82 valence electrons. The van der Waals surface area contributed by atoms with Gasteiger partial charge in [-0.3, -0.25) is 4.79 Å². The van der Waals surface area contributed by atoms with E-state index in [-0.39, 0.29) is 0 Å². The molecule has 15 heavy (non-hydrogen) atoms. The number of carbonyl (C=O) groups excluding carboxylic acids is 1. The van der Waals surface area contributed by atoms with Crippen molar-refractivity contribution in [1.82, 2.24) is 0 Å². The smallest absolute Gasteiger partial charge is 0.405 e. The molecule has 0 saturated carbocycles. The molecule has 0 spiro atoms. The van der Waals surface area contributed by atoms with Crippen LogP contribution in [0.15, 0.2) is 18.2 Å². The molecule has 0 saturated heterocycles. The Labute approximate surface area is 82.5 Å². The van der Waals surface area contributed by atoms with Crippen LogP contribution >= 0.6 is 0 Å². The summed E-state index contributed by atoms with van der Waals surface area (Å²) in [5, 5.41) is 0. The molecule has 0 amide bonds. The van der Waals surface area contributed by atoms with Crippen molar-refractivity contribution in [2.24, 2.45) is 0 Å². The Morgan fingerprint density at radius 2 is 1.93 bits per heavy atom. The van der Waals surface area contributed by atoms with E-state index in [1.807, 2.05) is 0 Å². The standard InChI is InChI=1S/C9H6F4O2/c1-5(14)8-6(10)3-2-4-7(8)15-9(11,12)13/h2-4H,1H3. The summed E-state index contributed by atoms with van der Waals surface area (Å²) in [6.45, 7) is 0.960. The van der Waals surface area contributed by atoms with Crippen molar-refractivity contribution in [2.45, 2.75) is 13.3 Å². The lowest BCUT2D eigenvalue weighted by Gasteiger charge is -2.11. The van der Waals surface area contributed by atoms with Gasteiger partial charge in [0, 0.05) is 0 Å². The van der Waals surface area contributed by atoms with E-state index in [0.29, 0.717) is 0 Å². The summed E-state index contributed by atoms with van der Waals surface area (Å²) in [4.78, 5) is 10.9. The first-order valence-electron chi connectivity index (χ1n) is 3.86. The molecule has 2 nitrogen and oxygen atoms in total. The van der Waals surface area contributed by atoms with Crippen molar-refractivity contribution < 1.29 is 27.1 Å². The molecule has 0 unspecified atom stereocenters. The summed E-state index contributed by atoms with van der Waals surface area (Å²) in [5.41, 5.74) is -0.699. The van der Waals surface area contributed by atoms with Crippen LogP contribution in [0.1, 0.15) is 17.3 Å². The highest BCUT2D eigenvalue weighted by atomic mass is 19.4. The maximum Gasteiger partial charge on any atom is 0.573 e. The number of alkyl halides is 3. The van der Waals surface area contributed by atoms with Gasteiger partial charge in [-0.15, -0.1) is 13.2 Å². The van der Waals surface area contributed by atoms with Crippen LogP contribution in [-0.2, 0) is 0 Å². The van der Waals surface area contributed by atoms with Crippen molar-refractivity contribution in [3.05, 3.63) is 29.6 Å². The highest BCUT2D eigenvalue weighted by Crippen LogP contribution is 2.28. The fourth-order valence-corrected chi connectivity index (χ4v) is 1.06. The average Bonchev–Trinajstić information content (AvgIpc) is 1.99. The molecule has 0 aliphatic heterocycles. The fraction of sp³-hybridized carbons (Fsp3) is 0.222. The molecule has 6 heteroatoms. The lowest BCUT2D eigenvalue weighted by Crippen LogP contribution is -2.19. The van der Waals surface area contributed by atoms with E-state index in [4.69, 9.17) is 0 Å². The van der Waals surface area contributed by atoms with E-state index < -0.39 is 29.3 Å². The molecule has 0 radical (unpaired) electrons. The summed E-state index contributed by atoms with van der Waals surface area (Å²) in [6.07, 6.45) is -4.95. The van der Waals surface area contributed by atoms with Crippen LogP contribution in [-0.4, -0.2) is 12.1 Å². The second-order valence-corrected chi connectivity index (χ2v) is 2.72. The maximum atomic E-state index is 13.0. The van der Waals surface area contributed by atoms with Gasteiger partial charge in [0.1, 0.15) is 11.6 Å². The van der Waals surface area contributed by atoms with Gasteiger partial charge in [-0.2, -0.15) is 0 Å². The first-order chi connectivity index (χ1) is 6.81. The second-order valence-electron chi connectivity index (χ2n) is 2.72. The summed E-state index contributed by atoms with van der Waals surface area (Å²) >= 11 is 0. The van der Waals surface area contributed by atoms with E-state index in [9.17, 15) is 22.4 Å². The first-order valence-corrected chi connectivity index (χ1v) is 3.86. The van der Waals surface area contributed by atoms with Crippen LogP contribution < -0.4 is 4.74 Å². The number of Topliss-reactive ketones (excluding diaryl/α,β-unsaturated/α-hetero) is 1. The number of ether oxygens (including phenoxy) is 1. The van der Waals surface area contributed by atoms with Crippen LogP contribution in [0.3, 0.4) is 0 Å². The molecule has 0 N–H and O–H groups in total. The zero-order chi connectivity index (χ0) is 11.6. The predicted molar refractivity (Wildman–Crippen MR) is 43.1 cm³/mol. The zero-order valence-corrected chi connectivity index (χ0v) is 7.56. The van der Waals surface area contributed by atoms with Crippen LogP contribution in [0.25, 0.3) is 0 Å². The zero-order valence-electron chi connectivity index (χ0n) is 7.56. The summed E-state index contributed by atoms with van der Waals surface area (Å²) < 4.78 is 52.1. The Hall–Kier alpha value is -1.59. The second kappa shape index (κ2) is 3.88. The fourth-order valence-electron chi connectivity index (χ4n) is 1.06. The molecule has 1 aromatic carbocycles. The van der Waals surface area contributed by atoms with Crippen molar-refractivity contribution in [1.29, 1.82) is 0 Å². The molecule has 0 bridgehead atoms. The van der Waals surface area contributed by atoms with Gasteiger partial charge in [0.05, 0.1) is 5.56 Å². The molecule has 0 heterocycles. The Bertz CT molecular complexity index is 384. The van der Waals surface area contributed by atoms with E-state index in [1.165, 1.54) is 0 Å². The quantitative estimate of drug-likeness (QED) is 0.568. The number of benzene rings is 1. The maximum absolute atomic E-state index is 13.0. The van der Waals surface area contributed by atoms with Gasteiger partial charge in [-0.25, -0.2) is 4.39 Å².